The van der Waals surface area contributed by atoms with Crippen LogP contribution in [0.1, 0.15) is 12.5 Å². The Morgan fingerprint density at radius 3 is 2.85 bits per heavy atom. The standard InChI is InChI=1S/C10H18N2O/c1-9(7-12(2)3)11-6-10-4-5-13-8-10/h4-5,8-9,11H,6-7H2,1-3H3. The van der Waals surface area contributed by atoms with Crippen molar-refractivity contribution in [2.75, 3.05) is 20.6 Å². The Kier molecular flexibility index (Phi) is 3.99. The van der Waals surface area contributed by atoms with Crippen molar-refractivity contribution in [1.82, 2.24) is 10.2 Å². The molecule has 0 aliphatic carbocycles. The van der Waals surface area contributed by atoms with Gasteiger partial charge in [0.2, 0.25) is 0 Å². The van der Waals surface area contributed by atoms with Crippen molar-refractivity contribution in [2.45, 2.75) is 19.5 Å². The van der Waals surface area contributed by atoms with Gasteiger partial charge < -0.3 is 14.6 Å². The van der Waals surface area contributed by atoms with E-state index in [1.807, 2.05) is 6.07 Å². The number of rotatable bonds is 5. The average molecular weight is 182 g/mol. The van der Waals surface area contributed by atoms with Crippen molar-refractivity contribution in [3.8, 4) is 0 Å². The van der Waals surface area contributed by atoms with E-state index >= 15 is 0 Å². The molecule has 0 aromatic carbocycles. The third kappa shape index (κ3) is 4.10. The molecule has 1 N–H and O–H groups in total. The van der Waals surface area contributed by atoms with Gasteiger partial charge >= 0.3 is 0 Å². The molecule has 0 bridgehead atoms. The molecule has 74 valence electrons. The van der Waals surface area contributed by atoms with E-state index in [4.69, 9.17) is 4.42 Å². The summed E-state index contributed by atoms with van der Waals surface area (Å²) in [6.45, 7) is 4.11. The number of hydrogen-bond donors (Lipinski definition) is 1. The summed E-state index contributed by atoms with van der Waals surface area (Å²) < 4.78 is 4.98. The van der Waals surface area contributed by atoms with Crippen LogP contribution in [0.3, 0.4) is 0 Å². The first-order valence-corrected chi connectivity index (χ1v) is 4.57. The molecule has 1 aromatic rings. The van der Waals surface area contributed by atoms with E-state index in [2.05, 4.69) is 31.2 Å². The Bertz CT molecular complexity index is 219. The molecule has 0 saturated heterocycles. The Morgan fingerprint density at radius 1 is 1.54 bits per heavy atom. The van der Waals surface area contributed by atoms with Gasteiger partial charge in [-0.25, -0.2) is 0 Å². The first-order chi connectivity index (χ1) is 6.18. The molecule has 1 aromatic heterocycles. The van der Waals surface area contributed by atoms with Crippen LogP contribution in [0.5, 0.6) is 0 Å². The molecule has 1 heterocycles. The maximum atomic E-state index is 4.98. The minimum Gasteiger partial charge on any atom is -0.472 e. The van der Waals surface area contributed by atoms with E-state index in [1.165, 1.54) is 5.56 Å². The molecule has 1 rings (SSSR count). The van der Waals surface area contributed by atoms with Gasteiger partial charge in [0.05, 0.1) is 12.5 Å². The Morgan fingerprint density at radius 2 is 2.31 bits per heavy atom. The molecule has 3 nitrogen and oxygen atoms in total. The molecule has 1 atom stereocenters. The van der Waals surface area contributed by atoms with E-state index in [0.717, 1.165) is 13.1 Å². The number of nitrogens with zero attached hydrogens (tertiary/aromatic N) is 1. The highest BCUT2D eigenvalue weighted by atomic mass is 16.3. The second kappa shape index (κ2) is 5.04. The molecular weight excluding hydrogens is 164 g/mol. The van der Waals surface area contributed by atoms with Gasteiger partial charge in [0.1, 0.15) is 0 Å². The highest BCUT2D eigenvalue weighted by Gasteiger charge is 2.02. The monoisotopic (exact) mass is 182 g/mol. The van der Waals surface area contributed by atoms with Crippen LogP contribution in [0.4, 0.5) is 0 Å². The number of likely N-dealkylation sites (N-methyl/N-ethyl adjacent to an activating group) is 1. The Labute approximate surface area is 79.7 Å². The number of hydrogen-bond acceptors (Lipinski definition) is 3. The zero-order chi connectivity index (χ0) is 9.68. The third-order valence-corrected chi connectivity index (χ3v) is 1.87. The Balaban J connectivity index is 2.19. The fourth-order valence-corrected chi connectivity index (χ4v) is 1.30. The predicted molar refractivity (Wildman–Crippen MR) is 53.6 cm³/mol. The van der Waals surface area contributed by atoms with Crippen molar-refractivity contribution in [3.05, 3.63) is 24.2 Å². The minimum absolute atomic E-state index is 0.505. The Hall–Kier alpha value is -0.800. The van der Waals surface area contributed by atoms with E-state index in [9.17, 15) is 0 Å². The first-order valence-electron chi connectivity index (χ1n) is 4.57. The normalized spacial score (nSPS) is 13.5. The van der Waals surface area contributed by atoms with Crippen molar-refractivity contribution < 1.29 is 4.42 Å². The van der Waals surface area contributed by atoms with Crippen LogP contribution in [0.15, 0.2) is 23.0 Å². The summed E-state index contributed by atoms with van der Waals surface area (Å²) in [6.07, 6.45) is 3.48. The van der Waals surface area contributed by atoms with Crippen LogP contribution in [0, 0.1) is 0 Å². The quantitative estimate of drug-likeness (QED) is 0.744. The van der Waals surface area contributed by atoms with Crippen LogP contribution >= 0.6 is 0 Å². The molecule has 0 spiro atoms. The van der Waals surface area contributed by atoms with Gasteiger partial charge in [-0.3, -0.25) is 0 Å². The van der Waals surface area contributed by atoms with Crippen LogP contribution in [0.2, 0.25) is 0 Å². The van der Waals surface area contributed by atoms with Crippen molar-refractivity contribution in [3.63, 3.8) is 0 Å². The molecule has 0 fully saturated rings. The van der Waals surface area contributed by atoms with Gasteiger partial charge in [-0.1, -0.05) is 0 Å². The summed E-state index contributed by atoms with van der Waals surface area (Å²) in [5, 5.41) is 3.41. The lowest BCUT2D eigenvalue weighted by Gasteiger charge is -2.17. The lowest BCUT2D eigenvalue weighted by Crippen LogP contribution is -2.35. The molecule has 0 amide bonds. The minimum atomic E-state index is 0.505. The maximum absolute atomic E-state index is 4.98. The lowest BCUT2D eigenvalue weighted by molar-refractivity contribution is 0.349. The predicted octanol–water partition coefficient (Wildman–Crippen LogP) is 1.32. The summed E-state index contributed by atoms with van der Waals surface area (Å²) in [4.78, 5) is 2.17. The van der Waals surface area contributed by atoms with E-state index in [0.29, 0.717) is 6.04 Å². The highest BCUT2D eigenvalue weighted by Crippen LogP contribution is 1.99. The molecular formula is C10H18N2O. The van der Waals surface area contributed by atoms with Crippen molar-refractivity contribution >= 4 is 0 Å². The molecule has 0 saturated carbocycles. The first kappa shape index (κ1) is 10.3. The fraction of sp³-hybridized carbons (Fsp3) is 0.600. The molecule has 0 radical (unpaired) electrons. The zero-order valence-electron chi connectivity index (χ0n) is 8.58. The smallest absolute Gasteiger partial charge is 0.0947 e. The van der Waals surface area contributed by atoms with Gasteiger partial charge in [-0.2, -0.15) is 0 Å². The molecule has 3 heteroatoms. The molecule has 0 aliphatic rings. The van der Waals surface area contributed by atoms with Gasteiger partial charge in [0.15, 0.2) is 0 Å². The topological polar surface area (TPSA) is 28.4 Å². The summed E-state index contributed by atoms with van der Waals surface area (Å²) >= 11 is 0. The summed E-state index contributed by atoms with van der Waals surface area (Å²) in [5.74, 6) is 0. The zero-order valence-corrected chi connectivity index (χ0v) is 8.58. The average Bonchev–Trinajstić information content (AvgIpc) is 2.51. The largest absolute Gasteiger partial charge is 0.472 e. The fourth-order valence-electron chi connectivity index (χ4n) is 1.30. The maximum Gasteiger partial charge on any atom is 0.0947 e. The second-order valence-electron chi connectivity index (χ2n) is 3.68. The van der Waals surface area contributed by atoms with Crippen LogP contribution in [-0.2, 0) is 6.54 Å². The van der Waals surface area contributed by atoms with Crippen LogP contribution in [-0.4, -0.2) is 31.6 Å². The molecule has 1 unspecified atom stereocenters. The van der Waals surface area contributed by atoms with Gasteiger partial charge in [0, 0.05) is 24.7 Å². The van der Waals surface area contributed by atoms with Gasteiger partial charge in [0.25, 0.3) is 0 Å². The third-order valence-electron chi connectivity index (χ3n) is 1.87. The SMILES string of the molecule is CC(CN(C)C)NCc1ccoc1. The molecule has 0 aliphatic heterocycles. The van der Waals surface area contributed by atoms with Crippen molar-refractivity contribution in [1.29, 1.82) is 0 Å². The summed E-state index contributed by atoms with van der Waals surface area (Å²) in [5.41, 5.74) is 1.20. The van der Waals surface area contributed by atoms with E-state index in [1.54, 1.807) is 12.5 Å². The van der Waals surface area contributed by atoms with E-state index < -0.39 is 0 Å². The highest BCUT2D eigenvalue weighted by molar-refractivity contribution is 5.04. The second-order valence-corrected chi connectivity index (χ2v) is 3.68. The van der Waals surface area contributed by atoms with Crippen LogP contribution < -0.4 is 5.32 Å². The van der Waals surface area contributed by atoms with E-state index in [-0.39, 0.29) is 0 Å². The number of nitrogens with one attached hydrogen (secondary N) is 1. The van der Waals surface area contributed by atoms with Gasteiger partial charge in [-0.15, -0.1) is 0 Å². The number of furan rings is 1. The molecule has 13 heavy (non-hydrogen) atoms. The lowest BCUT2D eigenvalue weighted by atomic mass is 10.3. The van der Waals surface area contributed by atoms with Crippen molar-refractivity contribution in [2.24, 2.45) is 0 Å². The van der Waals surface area contributed by atoms with Crippen LogP contribution in [0.25, 0.3) is 0 Å². The summed E-state index contributed by atoms with van der Waals surface area (Å²) in [6, 6.07) is 2.49. The van der Waals surface area contributed by atoms with Gasteiger partial charge in [-0.05, 0) is 27.1 Å². The summed E-state index contributed by atoms with van der Waals surface area (Å²) in [7, 11) is 4.16.